The highest BCUT2D eigenvalue weighted by Crippen LogP contribution is 2.52. The van der Waals surface area contributed by atoms with E-state index in [0.717, 1.165) is 86.9 Å². The SMILES string of the molecule is CC(C)(O)C(C)(C)O.CC1(C)OB(c2ccc(Br)cc2)OC1(C)C.COP(=O)(OC)c1ccc(-c2ccc([C@@H]3[C@@H](/C=C/C(=O)c4ccc(F)cc4)SC(=O)N3c3ccccc3)c(OCc3ccccc3)c2)cc1.COP(=O)(OC)c1ccc(B2OC(C)(C)C(C)(C)O2)cc1.COP(OC)OC.O=C(/C=C/[C@H]1SC(=O)N(c2ccccc2)[C@@H]1c1ccc(Br)cc1OCc1ccccc1)c1ccc(F)cc1.OB(O)c1ccc(Br)cc1. The lowest BCUT2D eigenvalue weighted by atomic mass is 9.79. The molecule has 4 saturated heterocycles. The van der Waals surface area contributed by atoms with Crippen molar-refractivity contribution >= 4 is 177 Å². The molecule has 2 amide bonds. The molecule has 4 aliphatic heterocycles. The number of anilines is 2. The Morgan fingerprint density at radius 3 is 1.07 bits per heavy atom. The summed E-state index contributed by atoms with van der Waals surface area (Å²) in [4.78, 5) is 56.4. The van der Waals surface area contributed by atoms with Gasteiger partial charge in [-0.3, -0.25) is 38.1 Å². The summed E-state index contributed by atoms with van der Waals surface area (Å²) in [5.74, 6) is -0.174. The first-order valence-corrected chi connectivity index (χ1v) is 55.3. The highest BCUT2D eigenvalue weighted by Gasteiger charge is 2.54. The Hall–Kier alpha value is -9.52. The molecule has 0 aliphatic carbocycles. The molecule has 4 heterocycles. The van der Waals surface area contributed by atoms with Gasteiger partial charge in [-0.1, -0.05) is 247 Å². The second-order valence-corrected chi connectivity index (χ2v) is 47.9. The van der Waals surface area contributed by atoms with Crippen LogP contribution in [-0.4, -0.2) is 158 Å². The molecule has 0 aromatic heterocycles. The van der Waals surface area contributed by atoms with Crippen LogP contribution in [0.1, 0.15) is 138 Å². The number of halogens is 5. The second-order valence-electron chi connectivity index (χ2n) is 36.8. The minimum Gasteiger partial charge on any atom is -0.489 e. The van der Waals surface area contributed by atoms with Crippen LogP contribution in [0.15, 0.2) is 341 Å². The third-order valence-corrected chi connectivity index (χ3v) is 33.5. The van der Waals surface area contributed by atoms with Gasteiger partial charge < -0.3 is 80.0 Å². The highest BCUT2D eigenvalue weighted by molar-refractivity contribution is 9.11. The van der Waals surface area contributed by atoms with Crippen LogP contribution in [-0.2, 0) is 72.6 Å². The quantitative estimate of drug-likeness (QED) is 0.0141. The van der Waals surface area contributed by atoms with Gasteiger partial charge in [0.25, 0.3) is 10.5 Å². The summed E-state index contributed by atoms with van der Waals surface area (Å²) < 4.78 is 126. The zero-order valence-corrected chi connectivity index (χ0v) is 95.2. The van der Waals surface area contributed by atoms with Crippen LogP contribution in [0, 0.1) is 11.6 Å². The molecule has 0 saturated carbocycles. The number of ketones is 2. The normalized spacial score (nSPS) is 17.0. The van der Waals surface area contributed by atoms with Crippen molar-refractivity contribution in [1.29, 1.82) is 0 Å². The van der Waals surface area contributed by atoms with E-state index in [-0.39, 0.29) is 63.4 Å². The molecule has 38 heteroatoms. The molecule has 12 aromatic carbocycles. The topological polar surface area (TPSA) is 310 Å². The van der Waals surface area contributed by atoms with E-state index in [1.807, 2.05) is 234 Å². The van der Waals surface area contributed by atoms with Gasteiger partial charge in [0.05, 0.1) is 66.8 Å². The van der Waals surface area contributed by atoms with Crippen molar-refractivity contribution in [2.24, 2.45) is 0 Å². The minimum atomic E-state index is -3.42. The molecule has 0 radical (unpaired) electrons. The molecule has 16 rings (SSSR count). The van der Waals surface area contributed by atoms with Crippen molar-refractivity contribution in [2.45, 2.75) is 152 Å². The molecule has 786 valence electrons. The van der Waals surface area contributed by atoms with Gasteiger partial charge in [0.15, 0.2) is 11.6 Å². The fourth-order valence-electron chi connectivity index (χ4n) is 14.5. The number of hydrogen-bond acceptors (Lipinski definition) is 25. The first kappa shape index (κ1) is 121. The van der Waals surface area contributed by atoms with Crippen LogP contribution >= 0.6 is 95.1 Å². The summed E-state index contributed by atoms with van der Waals surface area (Å²) in [5.41, 5.74) is 6.55. The lowest BCUT2D eigenvalue weighted by Crippen LogP contribution is -2.44. The molecular weight excluding hydrogens is 2200 g/mol. The van der Waals surface area contributed by atoms with Gasteiger partial charge >= 0.3 is 45.1 Å². The minimum absolute atomic E-state index is 0.123. The molecule has 25 nitrogen and oxygen atoms in total. The second kappa shape index (κ2) is 55.3. The van der Waals surface area contributed by atoms with E-state index in [4.69, 9.17) is 66.4 Å². The van der Waals surface area contributed by atoms with E-state index < -0.39 is 78.2 Å². The molecule has 4 atom stereocenters. The Labute approximate surface area is 907 Å². The van der Waals surface area contributed by atoms with Gasteiger partial charge in [0.2, 0.25) is 0 Å². The Bertz CT molecular complexity index is 6460. The number of allylic oxidation sites excluding steroid dienone is 2. The predicted molar refractivity (Wildman–Crippen MR) is 603 cm³/mol. The number of nitrogens with zero attached hydrogens (tertiary/aromatic N) is 2. The van der Waals surface area contributed by atoms with Crippen molar-refractivity contribution in [3.05, 3.63) is 386 Å². The molecule has 0 unspecified atom stereocenters. The first-order chi connectivity index (χ1) is 70.5. The summed E-state index contributed by atoms with van der Waals surface area (Å²) in [5, 5.41) is 35.3. The van der Waals surface area contributed by atoms with Gasteiger partial charge in [0, 0.05) is 96.8 Å². The molecule has 4 aliphatic rings. The van der Waals surface area contributed by atoms with Crippen LogP contribution < -0.4 is 46.3 Å². The largest absolute Gasteiger partial charge is 0.494 e. The molecule has 0 bridgehead atoms. The Balaban J connectivity index is 0.000000198. The Morgan fingerprint density at radius 1 is 0.430 bits per heavy atom. The van der Waals surface area contributed by atoms with E-state index in [1.54, 1.807) is 120 Å². The van der Waals surface area contributed by atoms with Crippen molar-refractivity contribution in [2.75, 3.05) is 59.6 Å². The maximum absolute atomic E-state index is 13.7. The zero-order chi connectivity index (χ0) is 109. The van der Waals surface area contributed by atoms with E-state index in [1.165, 1.54) is 89.1 Å². The molecule has 12 aromatic rings. The van der Waals surface area contributed by atoms with Crippen molar-refractivity contribution < 1.29 is 117 Å². The van der Waals surface area contributed by atoms with Gasteiger partial charge in [-0.05, 0) is 273 Å². The monoisotopic (exact) mass is 2320 g/mol. The lowest BCUT2D eigenvalue weighted by Gasteiger charge is -2.32. The lowest BCUT2D eigenvalue weighted by molar-refractivity contribution is -0.107. The number of para-hydroxylation sites is 2. The molecule has 0 spiro atoms. The first-order valence-electron chi connectivity index (χ1n) is 47.0. The number of carbonyl (C=O) groups is 4. The van der Waals surface area contributed by atoms with Gasteiger partial charge in [-0.2, -0.15) is 0 Å². The van der Waals surface area contributed by atoms with Crippen LogP contribution in [0.4, 0.5) is 29.7 Å². The van der Waals surface area contributed by atoms with Gasteiger partial charge in [-0.15, -0.1) is 0 Å². The van der Waals surface area contributed by atoms with Crippen molar-refractivity contribution in [3.8, 4) is 22.6 Å². The number of carbonyl (C=O) groups excluding carboxylic acids is 4. The standard InChI is InChI=1S/C39H33FNO6PS.C31H23BrFNO3S.C14H22BO5P.C12H16BBrO2.C6H6BBrO2.C6H14O2.C3H9O3P/c1-45-48(44,46-2)33-20-15-28(16-21-33)30-17-22-34(36(25-30)47-26-27-9-5-3-6-10-27)38-37(24-23-35(42)29-13-18-31(40)19-14-29)49-39(43)41(38)32-11-7-4-8-12-32;32-23-13-16-26(28(19-23)37-20-21-7-3-1-4-8-21)30-29(18-17-27(35)22-11-14-24(33)15-12-22)38-31(36)34(30)25-9-5-2-6-10-25;1-13(2)14(3,4)20-15(19-13)11-7-9-12(10-8-11)21(16,17-5)18-6;1-11(2)12(3,4)16-13(15-11)9-5-7-10(14)8-6-9;8-6-3-1-5(2-4-6)7(9)10;1-5(2,7)6(3,4)8;1-4-7(5-2)6-3/h3-25,37-38H,26H2,1-2H3;1-19,29-30H,20H2;7-10H,1-6H3;5-8H,1-4H3;1-4,9-10H;7-8H,1-4H3;1-3H3/b24-23+;18-17+;;;;;/t37-,38-;29-,30-;;;;;/m11...../s1. The summed E-state index contributed by atoms with van der Waals surface area (Å²) in [6.07, 6.45) is 6.39. The summed E-state index contributed by atoms with van der Waals surface area (Å²) in [6, 6.07) is 89.0. The Kier molecular flexibility index (Phi) is 45.1. The maximum atomic E-state index is 13.7. The molecule has 4 N–H and O–H groups in total. The predicted octanol–water partition coefficient (Wildman–Crippen LogP) is 24.4. The smallest absolute Gasteiger partial charge is 0.489 e. The third kappa shape index (κ3) is 33.5. The molecular formula is C111H123B3Br3F2N2O23P3S2. The van der Waals surface area contributed by atoms with E-state index in [2.05, 4.69) is 89.1 Å². The van der Waals surface area contributed by atoms with E-state index in [0.29, 0.717) is 51.0 Å². The van der Waals surface area contributed by atoms with Crippen molar-refractivity contribution in [3.63, 3.8) is 0 Å². The highest BCUT2D eigenvalue weighted by atomic mass is 79.9. The number of ether oxygens (including phenoxy) is 2. The zero-order valence-electron chi connectivity index (χ0n) is 86.1. The fraction of sp³-hybridized carbons (Fsp3) is 0.279. The summed E-state index contributed by atoms with van der Waals surface area (Å²) in [6.45, 7) is 23.2. The fourth-order valence-corrected chi connectivity index (χ4v) is 20.2. The number of benzene rings is 12. The number of amides is 2. The van der Waals surface area contributed by atoms with Gasteiger partial charge in [0.1, 0.15) is 36.3 Å². The third-order valence-electron chi connectivity index (χ3n) is 25.1. The molecule has 149 heavy (non-hydrogen) atoms. The van der Waals surface area contributed by atoms with Crippen LogP contribution in [0.25, 0.3) is 11.1 Å². The van der Waals surface area contributed by atoms with Crippen LogP contribution in [0.5, 0.6) is 11.5 Å². The van der Waals surface area contributed by atoms with Crippen LogP contribution in [0.2, 0.25) is 0 Å². The maximum Gasteiger partial charge on any atom is 0.494 e. The van der Waals surface area contributed by atoms with E-state index in [9.17, 15) is 37.1 Å². The number of hydrogen-bond donors (Lipinski definition) is 4. The van der Waals surface area contributed by atoms with E-state index >= 15 is 0 Å². The average molecular weight is 2320 g/mol. The van der Waals surface area contributed by atoms with Crippen LogP contribution in [0.3, 0.4) is 0 Å². The Morgan fingerprint density at radius 2 is 0.738 bits per heavy atom. The number of rotatable bonds is 30. The average Bonchev–Trinajstić information content (AvgIpc) is 1.63. The number of thioether (sulfide) groups is 2. The number of aliphatic hydroxyl groups is 2. The van der Waals surface area contributed by atoms with Crippen molar-refractivity contribution in [1.82, 2.24) is 0 Å². The van der Waals surface area contributed by atoms with Gasteiger partial charge in [-0.25, -0.2) is 8.78 Å². The molecule has 4 fully saturated rings. The summed E-state index contributed by atoms with van der Waals surface area (Å²) >= 11 is 12.5. The summed E-state index contributed by atoms with van der Waals surface area (Å²) in [7, 11) is 0.290.